The highest BCUT2D eigenvalue weighted by Crippen LogP contribution is 2.18. The van der Waals surface area contributed by atoms with Crippen molar-refractivity contribution in [3.05, 3.63) is 71.9 Å². The Bertz CT molecular complexity index is 797. The minimum absolute atomic E-state index is 0.135. The Morgan fingerprint density at radius 3 is 2.67 bits per heavy atom. The molecule has 21 heavy (non-hydrogen) atoms. The molecule has 3 aromatic rings. The lowest BCUT2D eigenvalue weighted by atomic mass is 10.1. The van der Waals surface area contributed by atoms with E-state index in [4.69, 9.17) is 0 Å². The molecule has 1 aromatic heterocycles. The van der Waals surface area contributed by atoms with Crippen molar-refractivity contribution in [1.82, 2.24) is 4.98 Å². The topological polar surface area (TPSA) is 44.9 Å². The van der Waals surface area contributed by atoms with Gasteiger partial charge in [0.05, 0.1) is 0 Å². The maximum atomic E-state index is 11.9. The normalized spacial score (nSPS) is 11.1. The maximum absolute atomic E-state index is 11.9. The molecule has 2 N–H and O–H groups in total. The molecule has 3 rings (SSSR count). The second kappa shape index (κ2) is 5.67. The van der Waals surface area contributed by atoms with Gasteiger partial charge in [-0.2, -0.15) is 0 Å². The zero-order chi connectivity index (χ0) is 14.7. The van der Waals surface area contributed by atoms with E-state index in [2.05, 4.69) is 10.3 Å². The molecule has 0 atom stereocenters. The first-order valence-corrected chi connectivity index (χ1v) is 6.84. The fourth-order valence-corrected chi connectivity index (χ4v) is 2.22. The number of anilines is 1. The summed E-state index contributed by atoms with van der Waals surface area (Å²) in [7, 11) is 0. The molecule has 3 heteroatoms. The first-order chi connectivity index (χ1) is 10.2. The van der Waals surface area contributed by atoms with Crippen LogP contribution in [0.5, 0.6) is 0 Å². The molecule has 1 amide bonds. The zero-order valence-electron chi connectivity index (χ0n) is 11.8. The van der Waals surface area contributed by atoms with Gasteiger partial charge in [-0.05, 0) is 36.8 Å². The number of nitrogens with one attached hydrogen (secondary N) is 2. The van der Waals surface area contributed by atoms with Crippen LogP contribution in [0.3, 0.4) is 0 Å². The Balaban J connectivity index is 1.73. The number of hydrogen-bond acceptors (Lipinski definition) is 1. The van der Waals surface area contributed by atoms with Crippen LogP contribution < -0.4 is 5.32 Å². The number of fused-ring (bicyclic) bond motifs is 1. The van der Waals surface area contributed by atoms with Crippen molar-refractivity contribution < 1.29 is 4.79 Å². The summed E-state index contributed by atoms with van der Waals surface area (Å²) in [5, 5.41) is 3.95. The van der Waals surface area contributed by atoms with E-state index in [0.717, 1.165) is 22.2 Å². The largest absolute Gasteiger partial charge is 0.361 e. The number of aryl methyl sites for hydroxylation is 1. The predicted molar refractivity (Wildman–Crippen MR) is 87.1 cm³/mol. The smallest absolute Gasteiger partial charge is 0.248 e. The molecule has 3 nitrogen and oxygen atoms in total. The average molecular weight is 276 g/mol. The molecule has 0 aliphatic carbocycles. The molecule has 0 spiro atoms. The van der Waals surface area contributed by atoms with Gasteiger partial charge < -0.3 is 10.3 Å². The highest BCUT2D eigenvalue weighted by atomic mass is 16.1. The number of benzene rings is 2. The fraction of sp³-hybridized carbons (Fsp3) is 0.0556. The minimum atomic E-state index is -0.135. The third-order valence-corrected chi connectivity index (χ3v) is 3.35. The van der Waals surface area contributed by atoms with E-state index < -0.39 is 0 Å². The van der Waals surface area contributed by atoms with Gasteiger partial charge in [-0.3, -0.25) is 4.79 Å². The third kappa shape index (κ3) is 3.03. The van der Waals surface area contributed by atoms with Crippen LogP contribution >= 0.6 is 0 Å². The summed E-state index contributed by atoms with van der Waals surface area (Å²) in [6, 6.07) is 15.7. The molecular weight excluding hydrogens is 260 g/mol. The van der Waals surface area contributed by atoms with Crippen LogP contribution in [0.2, 0.25) is 0 Å². The monoisotopic (exact) mass is 276 g/mol. The van der Waals surface area contributed by atoms with Gasteiger partial charge in [-0.1, -0.05) is 35.9 Å². The summed E-state index contributed by atoms with van der Waals surface area (Å²) in [5.41, 5.74) is 4.04. The van der Waals surface area contributed by atoms with Crippen LogP contribution in [0.1, 0.15) is 11.1 Å². The van der Waals surface area contributed by atoms with Gasteiger partial charge in [0.2, 0.25) is 5.91 Å². The van der Waals surface area contributed by atoms with E-state index in [0.29, 0.717) is 0 Å². The van der Waals surface area contributed by atoms with Crippen LogP contribution in [0.25, 0.3) is 17.0 Å². The Kier molecular flexibility index (Phi) is 3.56. The molecule has 0 saturated carbocycles. The molecule has 2 aromatic carbocycles. The van der Waals surface area contributed by atoms with Gasteiger partial charge in [-0.15, -0.1) is 0 Å². The number of carbonyl (C=O) groups excluding carboxylic acids is 1. The highest BCUT2D eigenvalue weighted by molar-refractivity contribution is 6.03. The van der Waals surface area contributed by atoms with Crippen molar-refractivity contribution in [1.29, 1.82) is 0 Å². The first-order valence-electron chi connectivity index (χ1n) is 6.84. The van der Waals surface area contributed by atoms with E-state index in [1.54, 1.807) is 6.08 Å². The number of rotatable bonds is 3. The van der Waals surface area contributed by atoms with Crippen LogP contribution in [0.4, 0.5) is 5.69 Å². The summed E-state index contributed by atoms with van der Waals surface area (Å²) >= 11 is 0. The molecule has 0 aliphatic rings. The molecular formula is C18H16N2O. The highest BCUT2D eigenvalue weighted by Gasteiger charge is 2.01. The molecule has 0 aliphatic heterocycles. The van der Waals surface area contributed by atoms with E-state index in [9.17, 15) is 4.79 Å². The molecule has 0 fully saturated rings. The van der Waals surface area contributed by atoms with Crippen LogP contribution in [0.15, 0.2) is 60.8 Å². The van der Waals surface area contributed by atoms with E-state index in [1.807, 2.05) is 67.7 Å². The van der Waals surface area contributed by atoms with Gasteiger partial charge in [-0.25, -0.2) is 0 Å². The summed E-state index contributed by atoms with van der Waals surface area (Å²) in [6.07, 6.45) is 5.28. The Morgan fingerprint density at radius 2 is 1.86 bits per heavy atom. The molecule has 0 unspecified atom stereocenters. The van der Waals surface area contributed by atoms with E-state index in [1.165, 1.54) is 5.56 Å². The standard InChI is InChI=1S/C18H16N2O/c1-13-6-9-15(10-7-13)20-18(21)11-8-14-12-19-17-5-3-2-4-16(14)17/h2-12,19H,1H3,(H,20,21)/b11-8+. The Hall–Kier alpha value is -2.81. The number of amides is 1. The number of aromatic nitrogens is 1. The van der Waals surface area contributed by atoms with Crippen molar-refractivity contribution in [3.8, 4) is 0 Å². The minimum Gasteiger partial charge on any atom is -0.361 e. The van der Waals surface area contributed by atoms with Gasteiger partial charge in [0.15, 0.2) is 0 Å². The first kappa shape index (κ1) is 13.2. The fourth-order valence-electron chi connectivity index (χ4n) is 2.22. The lowest BCUT2D eigenvalue weighted by molar-refractivity contribution is -0.111. The molecule has 1 heterocycles. The summed E-state index contributed by atoms with van der Waals surface area (Å²) in [4.78, 5) is 15.1. The number of aromatic amines is 1. The van der Waals surface area contributed by atoms with Crippen molar-refractivity contribution in [3.63, 3.8) is 0 Å². The summed E-state index contributed by atoms with van der Waals surface area (Å²) in [6.45, 7) is 2.02. The second-order valence-corrected chi connectivity index (χ2v) is 4.98. The van der Waals surface area contributed by atoms with Crippen LogP contribution in [-0.4, -0.2) is 10.9 Å². The van der Waals surface area contributed by atoms with Crippen molar-refractivity contribution in [2.75, 3.05) is 5.32 Å². The second-order valence-electron chi connectivity index (χ2n) is 4.98. The van der Waals surface area contributed by atoms with Crippen molar-refractivity contribution >= 4 is 28.6 Å². The lowest BCUT2D eigenvalue weighted by Gasteiger charge is -2.01. The van der Waals surface area contributed by atoms with E-state index in [-0.39, 0.29) is 5.91 Å². The molecule has 0 bridgehead atoms. The molecule has 0 saturated heterocycles. The quantitative estimate of drug-likeness (QED) is 0.694. The van der Waals surface area contributed by atoms with Gasteiger partial charge in [0.25, 0.3) is 0 Å². The Labute approximate surface area is 123 Å². The summed E-state index contributed by atoms with van der Waals surface area (Å²) in [5.74, 6) is -0.135. The van der Waals surface area contributed by atoms with Crippen LogP contribution in [0, 0.1) is 6.92 Å². The average Bonchev–Trinajstić information content (AvgIpc) is 2.91. The number of H-pyrrole nitrogens is 1. The third-order valence-electron chi connectivity index (χ3n) is 3.35. The van der Waals surface area contributed by atoms with Gasteiger partial charge >= 0.3 is 0 Å². The molecule has 0 radical (unpaired) electrons. The SMILES string of the molecule is Cc1ccc(NC(=O)/C=C/c2c[nH]c3ccccc23)cc1. The number of para-hydroxylation sites is 1. The van der Waals surface area contributed by atoms with E-state index >= 15 is 0 Å². The lowest BCUT2D eigenvalue weighted by Crippen LogP contribution is -2.07. The Morgan fingerprint density at radius 1 is 1.10 bits per heavy atom. The zero-order valence-corrected chi connectivity index (χ0v) is 11.8. The number of hydrogen-bond donors (Lipinski definition) is 2. The number of carbonyl (C=O) groups is 1. The maximum Gasteiger partial charge on any atom is 0.248 e. The predicted octanol–water partition coefficient (Wildman–Crippen LogP) is 4.13. The van der Waals surface area contributed by atoms with Gasteiger partial charge in [0, 0.05) is 28.9 Å². The van der Waals surface area contributed by atoms with Crippen molar-refractivity contribution in [2.45, 2.75) is 6.92 Å². The van der Waals surface area contributed by atoms with Gasteiger partial charge in [0.1, 0.15) is 0 Å². The molecule has 104 valence electrons. The summed E-state index contributed by atoms with van der Waals surface area (Å²) < 4.78 is 0. The van der Waals surface area contributed by atoms with Crippen LogP contribution in [-0.2, 0) is 4.79 Å². The van der Waals surface area contributed by atoms with Crippen molar-refractivity contribution in [2.24, 2.45) is 0 Å².